The van der Waals surface area contributed by atoms with E-state index in [0.29, 0.717) is 6.54 Å². The standard InChI is InChI=1S/C9H11F2N3O/c10-9(11)5-7(9)13-8(15)14-4-2-6(14)1-3-12/h6-7H,1-2,4-5H2,(H,13,15). The van der Waals surface area contributed by atoms with Crippen LogP contribution in [0.2, 0.25) is 0 Å². The third kappa shape index (κ3) is 1.87. The van der Waals surface area contributed by atoms with Crippen molar-refractivity contribution in [2.45, 2.75) is 37.3 Å². The molecule has 0 radical (unpaired) electrons. The number of halogens is 2. The molecule has 0 aromatic rings. The smallest absolute Gasteiger partial charge is 0.318 e. The van der Waals surface area contributed by atoms with E-state index < -0.39 is 18.0 Å². The van der Waals surface area contributed by atoms with Crippen molar-refractivity contribution in [2.24, 2.45) is 0 Å². The van der Waals surface area contributed by atoms with Crippen LogP contribution in [0.1, 0.15) is 19.3 Å². The number of carbonyl (C=O) groups excluding carboxylic acids is 1. The highest BCUT2D eigenvalue weighted by atomic mass is 19.3. The number of nitrogens with zero attached hydrogens (tertiary/aromatic N) is 2. The van der Waals surface area contributed by atoms with Gasteiger partial charge in [-0.15, -0.1) is 0 Å². The van der Waals surface area contributed by atoms with E-state index in [9.17, 15) is 13.6 Å². The summed E-state index contributed by atoms with van der Waals surface area (Å²) in [6.45, 7) is 0.552. The van der Waals surface area contributed by atoms with Gasteiger partial charge in [0, 0.05) is 19.0 Å². The highest BCUT2D eigenvalue weighted by Crippen LogP contribution is 2.41. The number of alkyl halides is 2. The van der Waals surface area contributed by atoms with Crippen molar-refractivity contribution < 1.29 is 13.6 Å². The van der Waals surface area contributed by atoms with Gasteiger partial charge in [-0.05, 0) is 6.42 Å². The third-order valence-corrected chi connectivity index (χ3v) is 2.86. The van der Waals surface area contributed by atoms with Crippen molar-refractivity contribution in [1.29, 1.82) is 5.26 Å². The molecular formula is C9H11F2N3O. The van der Waals surface area contributed by atoms with Crippen molar-refractivity contribution in [3.63, 3.8) is 0 Å². The van der Waals surface area contributed by atoms with Crippen molar-refractivity contribution in [3.8, 4) is 6.07 Å². The summed E-state index contributed by atoms with van der Waals surface area (Å²) in [5.41, 5.74) is 0. The molecule has 0 bridgehead atoms. The molecule has 4 nitrogen and oxygen atoms in total. The molecule has 0 aromatic carbocycles. The predicted octanol–water partition coefficient (Wildman–Crippen LogP) is 1.09. The molecule has 1 aliphatic heterocycles. The Morgan fingerprint density at radius 1 is 1.67 bits per heavy atom. The van der Waals surface area contributed by atoms with E-state index in [-0.39, 0.29) is 18.9 Å². The van der Waals surface area contributed by atoms with E-state index in [2.05, 4.69) is 5.32 Å². The molecule has 2 aliphatic rings. The summed E-state index contributed by atoms with van der Waals surface area (Å²) in [7, 11) is 0. The van der Waals surface area contributed by atoms with Gasteiger partial charge in [0.05, 0.1) is 12.5 Å². The lowest BCUT2D eigenvalue weighted by atomic mass is 10.0. The van der Waals surface area contributed by atoms with Gasteiger partial charge in [-0.3, -0.25) is 0 Å². The highest BCUT2D eigenvalue weighted by Gasteiger charge is 2.58. The zero-order chi connectivity index (χ0) is 11.1. The number of nitrogens with one attached hydrogen (secondary N) is 1. The average Bonchev–Trinajstić information content (AvgIpc) is 2.67. The van der Waals surface area contributed by atoms with Gasteiger partial charge in [0.15, 0.2) is 0 Å². The lowest BCUT2D eigenvalue weighted by Crippen LogP contribution is -2.55. The van der Waals surface area contributed by atoms with E-state index in [1.807, 2.05) is 6.07 Å². The fourth-order valence-corrected chi connectivity index (χ4v) is 1.63. The number of hydrogen-bond acceptors (Lipinski definition) is 2. The summed E-state index contributed by atoms with van der Waals surface area (Å²) in [5.74, 6) is -2.73. The van der Waals surface area contributed by atoms with Crippen LogP contribution in [-0.2, 0) is 0 Å². The number of rotatable bonds is 2. The lowest BCUT2D eigenvalue weighted by molar-refractivity contribution is 0.0935. The normalized spacial score (nSPS) is 31.4. The molecule has 1 saturated heterocycles. The summed E-state index contributed by atoms with van der Waals surface area (Å²) in [5, 5.41) is 10.7. The maximum absolute atomic E-state index is 12.5. The minimum absolute atomic E-state index is 0.0950. The van der Waals surface area contributed by atoms with Crippen molar-refractivity contribution >= 4 is 6.03 Å². The molecule has 1 heterocycles. The summed E-state index contributed by atoms with van der Waals surface area (Å²) in [6.07, 6.45) is 0.784. The first-order valence-corrected chi connectivity index (χ1v) is 4.86. The second kappa shape index (κ2) is 3.33. The van der Waals surface area contributed by atoms with E-state index >= 15 is 0 Å². The van der Waals surface area contributed by atoms with Gasteiger partial charge in [-0.1, -0.05) is 0 Å². The van der Waals surface area contributed by atoms with Crippen molar-refractivity contribution in [1.82, 2.24) is 10.2 Å². The largest absolute Gasteiger partial charge is 0.329 e. The Bertz CT molecular complexity index is 326. The first-order chi connectivity index (χ1) is 7.04. The lowest BCUT2D eigenvalue weighted by Gasteiger charge is -2.39. The highest BCUT2D eigenvalue weighted by molar-refractivity contribution is 5.76. The molecule has 2 fully saturated rings. The fourth-order valence-electron chi connectivity index (χ4n) is 1.63. The Labute approximate surface area is 85.8 Å². The van der Waals surface area contributed by atoms with E-state index in [4.69, 9.17) is 5.26 Å². The Hall–Kier alpha value is -1.38. The minimum Gasteiger partial charge on any atom is -0.329 e. The molecule has 1 saturated carbocycles. The van der Waals surface area contributed by atoms with E-state index in [1.54, 1.807) is 0 Å². The monoisotopic (exact) mass is 215 g/mol. The molecule has 15 heavy (non-hydrogen) atoms. The van der Waals surface area contributed by atoms with Gasteiger partial charge in [0.2, 0.25) is 0 Å². The zero-order valence-electron chi connectivity index (χ0n) is 8.04. The Kier molecular flexibility index (Phi) is 2.25. The van der Waals surface area contributed by atoms with Crippen LogP contribution in [0.3, 0.4) is 0 Å². The molecule has 2 rings (SSSR count). The Morgan fingerprint density at radius 2 is 2.33 bits per heavy atom. The first-order valence-electron chi connectivity index (χ1n) is 4.86. The van der Waals surface area contributed by atoms with Crippen LogP contribution in [0.15, 0.2) is 0 Å². The van der Waals surface area contributed by atoms with Crippen LogP contribution in [0.5, 0.6) is 0 Å². The first kappa shape index (κ1) is 10.1. The number of nitriles is 1. The molecule has 1 aliphatic carbocycles. The van der Waals surface area contributed by atoms with Crippen LogP contribution in [-0.4, -0.2) is 35.5 Å². The summed E-state index contributed by atoms with van der Waals surface area (Å²) < 4.78 is 25.0. The number of hydrogen-bond donors (Lipinski definition) is 1. The van der Waals surface area contributed by atoms with Gasteiger partial charge in [0.1, 0.15) is 6.04 Å². The number of urea groups is 1. The van der Waals surface area contributed by atoms with Crippen molar-refractivity contribution in [2.75, 3.05) is 6.54 Å². The molecule has 82 valence electrons. The van der Waals surface area contributed by atoms with Gasteiger partial charge in [0.25, 0.3) is 5.92 Å². The molecule has 2 amide bonds. The van der Waals surface area contributed by atoms with Gasteiger partial charge in [-0.25, -0.2) is 13.6 Å². The number of amides is 2. The Balaban J connectivity index is 1.80. The molecule has 0 spiro atoms. The summed E-state index contributed by atoms with van der Waals surface area (Å²) in [4.78, 5) is 12.9. The molecule has 0 aromatic heterocycles. The van der Waals surface area contributed by atoms with Gasteiger partial charge in [-0.2, -0.15) is 5.26 Å². The summed E-state index contributed by atoms with van der Waals surface area (Å²) >= 11 is 0. The van der Waals surface area contributed by atoms with Crippen molar-refractivity contribution in [3.05, 3.63) is 0 Å². The second-order valence-corrected chi connectivity index (χ2v) is 3.97. The second-order valence-electron chi connectivity index (χ2n) is 3.97. The van der Waals surface area contributed by atoms with Crippen LogP contribution in [0.4, 0.5) is 13.6 Å². The Morgan fingerprint density at radius 3 is 2.73 bits per heavy atom. The molecular weight excluding hydrogens is 204 g/mol. The van der Waals surface area contributed by atoms with Crippen LogP contribution in [0.25, 0.3) is 0 Å². The van der Waals surface area contributed by atoms with Crippen LogP contribution in [0, 0.1) is 11.3 Å². The maximum atomic E-state index is 12.5. The summed E-state index contributed by atoms with van der Waals surface area (Å²) in [6, 6.07) is 0.400. The van der Waals surface area contributed by atoms with E-state index in [0.717, 1.165) is 6.42 Å². The number of likely N-dealkylation sites (tertiary alicyclic amines) is 1. The van der Waals surface area contributed by atoms with Gasteiger partial charge >= 0.3 is 6.03 Å². The van der Waals surface area contributed by atoms with Gasteiger partial charge < -0.3 is 10.2 Å². The quantitative estimate of drug-likeness (QED) is 0.749. The van der Waals surface area contributed by atoms with Crippen LogP contribution < -0.4 is 5.32 Å². The third-order valence-electron chi connectivity index (χ3n) is 2.86. The van der Waals surface area contributed by atoms with Crippen LogP contribution >= 0.6 is 0 Å². The van der Waals surface area contributed by atoms with E-state index in [1.165, 1.54) is 4.90 Å². The minimum atomic E-state index is -2.73. The number of carbonyl (C=O) groups is 1. The molecule has 2 unspecified atom stereocenters. The fraction of sp³-hybridized carbons (Fsp3) is 0.778. The predicted molar refractivity (Wildman–Crippen MR) is 47.2 cm³/mol. The molecule has 2 atom stereocenters. The maximum Gasteiger partial charge on any atom is 0.318 e. The average molecular weight is 215 g/mol. The topological polar surface area (TPSA) is 56.1 Å². The molecule has 1 N–H and O–H groups in total. The SMILES string of the molecule is N#CCC1CCN1C(=O)NC1CC1(F)F. The molecule has 6 heteroatoms. The zero-order valence-corrected chi connectivity index (χ0v) is 8.04.